The molecule has 3 heteroatoms. The third-order valence-electron chi connectivity index (χ3n) is 5.68. The fraction of sp³-hybridized carbons (Fsp3) is 0.333. The summed E-state index contributed by atoms with van der Waals surface area (Å²) in [6.07, 6.45) is 0. The molecule has 140 valence electrons. The molecule has 27 heavy (non-hydrogen) atoms. The van der Waals surface area contributed by atoms with Crippen molar-refractivity contribution in [1.29, 1.82) is 0 Å². The third kappa shape index (κ3) is 3.73. The average molecular weight is 361 g/mol. The summed E-state index contributed by atoms with van der Waals surface area (Å²) in [7, 11) is 0. The molecule has 3 rings (SSSR count). The molecule has 2 aromatic carbocycles. The Balaban J connectivity index is 2.07. The first kappa shape index (κ1) is 19.1. The summed E-state index contributed by atoms with van der Waals surface area (Å²) < 4.78 is 6.05. The zero-order valence-corrected chi connectivity index (χ0v) is 17.6. The van der Waals surface area contributed by atoms with E-state index in [0.717, 1.165) is 28.3 Å². The second kappa shape index (κ2) is 7.15. The molecule has 1 heterocycles. The zero-order chi connectivity index (χ0) is 19.9. The summed E-state index contributed by atoms with van der Waals surface area (Å²) in [5.41, 5.74) is 11.6. The van der Waals surface area contributed by atoms with Crippen LogP contribution in [-0.2, 0) is 0 Å². The number of rotatable bonds is 3. The van der Waals surface area contributed by atoms with Gasteiger partial charge >= 0.3 is 6.01 Å². The maximum Gasteiger partial charge on any atom is 0.322 e. The van der Waals surface area contributed by atoms with Gasteiger partial charge in [0.2, 0.25) is 0 Å². The van der Waals surface area contributed by atoms with E-state index in [-0.39, 0.29) is 0 Å². The van der Waals surface area contributed by atoms with E-state index in [1.54, 1.807) is 0 Å². The second-order valence-corrected chi connectivity index (χ2v) is 7.58. The topological polar surface area (TPSA) is 35.0 Å². The molecule has 0 bridgehead atoms. The van der Waals surface area contributed by atoms with Crippen LogP contribution in [0.1, 0.15) is 44.6 Å². The van der Waals surface area contributed by atoms with Crippen molar-refractivity contribution in [2.75, 3.05) is 0 Å². The van der Waals surface area contributed by atoms with Gasteiger partial charge in [-0.25, -0.2) is 0 Å². The molecule has 0 atom stereocenters. The standard InChI is InChI=1S/C24H28N2O/c1-13-9-21(10-14(2)17(13)5)23-19(7)20(8)25-24(26-23)27-22-11-15(3)18(6)16(4)12-22/h9-12H,1-8H3. The summed E-state index contributed by atoms with van der Waals surface area (Å²) in [6.45, 7) is 16.8. The van der Waals surface area contributed by atoms with Crippen LogP contribution in [0.4, 0.5) is 0 Å². The van der Waals surface area contributed by atoms with Crippen LogP contribution in [-0.4, -0.2) is 9.97 Å². The molecule has 0 radical (unpaired) electrons. The number of ether oxygens (including phenoxy) is 1. The molecule has 0 saturated carbocycles. The lowest BCUT2D eigenvalue weighted by atomic mass is 9.97. The van der Waals surface area contributed by atoms with E-state index in [4.69, 9.17) is 9.72 Å². The highest BCUT2D eigenvalue weighted by molar-refractivity contribution is 5.66. The molecule has 0 aliphatic heterocycles. The van der Waals surface area contributed by atoms with Gasteiger partial charge in [-0.2, -0.15) is 9.97 Å². The summed E-state index contributed by atoms with van der Waals surface area (Å²) in [5.74, 6) is 0.779. The SMILES string of the molecule is Cc1cc(Oc2nc(C)c(C)c(-c3cc(C)c(C)c(C)c3)n2)cc(C)c1C. The van der Waals surface area contributed by atoms with E-state index in [0.29, 0.717) is 6.01 Å². The van der Waals surface area contributed by atoms with E-state index in [9.17, 15) is 0 Å². The van der Waals surface area contributed by atoms with Crippen LogP contribution in [0, 0.1) is 55.4 Å². The fourth-order valence-corrected chi connectivity index (χ4v) is 3.26. The van der Waals surface area contributed by atoms with Gasteiger partial charge in [0, 0.05) is 11.3 Å². The molecule has 0 fully saturated rings. The van der Waals surface area contributed by atoms with Crippen LogP contribution in [0.25, 0.3) is 11.3 Å². The predicted octanol–water partition coefficient (Wildman–Crippen LogP) is 6.40. The van der Waals surface area contributed by atoms with Crippen LogP contribution in [0.2, 0.25) is 0 Å². The summed E-state index contributed by atoms with van der Waals surface area (Å²) in [5, 5.41) is 0. The lowest BCUT2D eigenvalue weighted by molar-refractivity contribution is 0.440. The largest absolute Gasteiger partial charge is 0.424 e. The van der Waals surface area contributed by atoms with Gasteiger partial charge in [-0.1, -0.05) is 0 Å². The van der Waals surface area contributed by atoms with E-state index in [1.807, 2.05) is 19.1 Å². The highest BCUT2D eigenvalue weighted by Gasteiger charge is 2.14. The van der Waals surface area contributed by atoms with Gasteiger partial charge < -0.3 is 4.74 Å². The van der Waals surface area contributed by atoms with Gasteiger partial charge in [0.25, 0.3) is 0 Å². The van der Waals surface area contributed by atoms with Crippen LogP contribution in [0.15, 0.2) is 24.3 Å². The fourth-order valence-electron chi connectivity index (χ4n) is 3.26. The van der Waals surface area contributed by atoms with Crippen molar-refractivity contribution in [1.82, 2.24) is 9.97 Å². The minimum atomic E-state index is 0.395. The number of nitrogens with zero attached hydrogens (tertiary/aromatic N) is 2. The third-order valence-corrected chi connectivity index (χ3v) is 5.68. The maximum absolute atomic E-state index is 6.05. The van der Waals surface area contributed by atoms with Crippen LogP contribution < -0.4 is 4.74 Å². The van der Waals surface area contributed by atoms with Crippen LogP contribution >= 0.6 is 0 Å². The Kier molecular flexibility index (Phi) is 5.05. The summed E-state index contributed by atoms with van der Waals surface area (Å²) in [6, 6.07) is 8.87. The van der Waals surface area contributed by atoms with Crippen molar-refractivity contribution in [2.45, 2.75) is 55.4 Å². The number of hydrogen-bond acceptors (Lipinski definition) is 3. The number of benzene rings is 2. The van der Waals surface area contributed by atoms with Crippen molar-refractivity contribution in [3.05, 3.63) is 68.9 Å². The number of aromatic nitrogens is 2. The van der Waals surface area contributed by atoms with Crippen molar-refractivity contribution < 1.29 is 4.74 Å². The average Bonchev–Trinajstić information content (AvgIpc) is 2.60. The lowest BCUT2D eigenvalue weighted by Crippen LogP contribution is -2.01. The van der Waals surface area contributed by atoms with Crippen LogP contribution in [0.3, 0.4) is 0 Å². The predicted molar refractivity (Wildman–Crippen MR) is 112 cm³/mol. The quantitative estimate of drug-likeness (QED) is 0.542. The highest BCUT2D eigenvalue weighted by atomic mass is 16.5. The van der Waals surface area contributed by atoms with Gasteiger partial charge in [-0.05, 0) is 119 Å². The Bertz CT molecular complexity index is 989. The Morgan fingerprint density at radius 1 is 0.593 bits per heavy atom. The number of hydrogen-bond donors (Lipinski definition) is 0. The summed E-state index contributed by atoms with van der Waals surface area (Å²) in [4.78, 5) is 9.32. The van der Waals surface area contributed by atoms with Gasteiger partial charge in [-0.15, -0.1) is 0 Å². The van der Waals surface area contributed by atoms with Crippen LogP contribution in [0.5, 0.6) is 11.8 Å². The molecule has 3 aromatic rings. The smallest absolute Gasteiger partial charge is 0.322 e. The van der Waals surface area contributed by atoms with Crippen molar-refractivity contribution in [3.63, 3.8) is 0 Å². The lowest BCUT2D eigenvalue weighted by Gasteiger charge is -2.14. The first-order valence-corrected chi connectivity index (χ1v) is 9.36. The molecule has 1 aromatic heterocycles. The van der Waals surface area contributed by atoms with Crippen molar-refractivity contribution >= 4 is 0 Å². The molecule has 0 N–H and O–H groups in total. The van der Waals surface area contributed by atoms with Gasteiger partial charge in [0.05, 0.1) is 5.69 Å². The number of aryl methyl sites for hydroxylation is 5. The highest BCUT2D eigenvalue weighted by Crippen LogP contribution is 2.30. The molecule has 0 saturated heterocycles. The first-order chi connectivity index (χ1) is 12.7. The Labute approximate surface area is 162 Å². The molecule has 0 amide bonds. The molecule has 0 spiro atoms. The van der Waals surface area contributed by atoms with E-state index in [2.05, 4.69) is 65.6 Å². The van der Waals surface area contributed by atoms with Gasteiger partial charge in [0.15, 0.2) is 0 Å². The normalized spacial score (nSPS) is 11.0. The zero-order valence-electron chi connectivity index (χ0n) is 17.6. The Hall–Kier alpha value is -2.68. The van der Waals surface area contributed by atoms with Crippen molar-refractivity contribution in [2.24, 2.45) is 0 Å². The van der Waals surface area contributed by atoms with Gasteiger partial charge in [0.1, 0.15) is 5.75 Å². The molecule has 0 aliphatic carbocycles. The molecular formula is C24H28N2O. The molecule has 0 unspecified atom stereocenters. The monoisotopic (exact) mass is 360 g/mol. The second-order valence-electron chi connectivity index (χ2n) is 7.58. The van der Waals surface area contributed by atoms with E-state index < -0.39 is 0 Å². The minimum absolute atomic E-state index is 0.395. The van der Waals surface area contributed by atoms with Gasteiger partial charge in [-0.3, -0.25) is 0 Å². The molecule has 3 nitrogen and oxygen atoms in total. The Morgan fingerprint density at radius 3 is 1.59 bits per heavy atom. The van der Waals surface area contributed by atoms with Crippen molar-refractivity contribution in [3.8, 4) is 23.0 Å². The van der Waals surface area contributed by atoms with E-state index in [1.165, 1.54) is 33.4 Å². The minimum Gasteiger partial charge on any atom is -0.424 e. The molecule has 0 aliphatic rings. The van der Waals surface area contributed by atoms with E-state index >= 15 is 0 Å². The first-order valence-electron chi connectivity index (χ1n) is 9.36. The Morgan fingerprint density at radius 2 is 1.07 bits per heavy atom. The maximum atomic E-state index is 6.05. The molecular weight excluding hydrogens is 332 g/mol. The summed E-state index contributed by atoms with van der Waals surface area (Å²) >= 11 is 0.